The van der Waals surface area contributed by atoms with Gasteiger partial charge in [-0.15, -0.1) is 0 Å². The largest absolute Gasteiger partial charge is 0.507 e. The van der Waals surface area contributed by atoms with Crippen molar-refractivity contribution in [3.63, 3.8) is 0 Å². The minimum atomic E-state index is -0.434. The van der Waals surface area contributed by atoms with Gasteiger partial charge >= 0.3 is 5.63 Å². The fourth-order valence-electron chi connectivity index (χ4n) is 4.59. The number of aromatic hydroxyl groups is 1. The van der Waals surface area contributed by atoms with E-state index in [1.54, 1.807) is 32.4 Å². The van der Waals surface area contributed by atoms with Crippen molar-refractivity contribution in [1.29, 1.82) is 0 Å². The van der Waals surface area contributed by atoms with E-state index in [9.17, 15) is 9.90 Å². The van der Waals surface area contributed by atoms with Gasteiger partial charge in [-0.3, -0.25) is 4.90 Å². The number of phenols is 1. The number of nitrogens with zero attached hydrogens (tertiary/aromatic N) is 1. The SMILES string of the molecule is COc1ccc(-c2c(C)c3ccc(O)c(CN4CCC[C@@H](C)C4)c3oc2=O)cc1OC. The van der Waals surface area contributed by atoms with E-state index in [0.29, 0.717) is 46.2 Å². The number of hydrogen-bond acceptors (Lipinski definition) is 6. The van der Waals surface area contributed by atoms with Crippen LogP contribution in [0.3, 0.4) is 0 Å². The highest BCUT2D eigenvalue weighted by atomic mass is 16.5. The predicted molar refractivity (Wildman–Crippen MR) is 121 cm³/mol. The van der Waals surface area contributed by atoms with Gasteiger partial charge in [-0.2, -0.15) is 0 Å². The van der Waals surface area contributed by atoms with Gasteiger partial charge in [-0.05, 0) is 67.6 Å². The summed E-state index contributed by atoms with van der Waals surface area (Å²) in [7, 11) is 3.14. The van der Waals surface area contributed by atoms with Gasteiger partial charge < -0.3 is 19.0 Å². The van der Waals surface area contributed by atoms with E-state index in [4.69, 9.17) is 13.9 Å². The predicted octanol–water partition coefficient (Wildman–Crippen LogP) is 4.72. The summed E-state index contributed by atoms with van der Waals surface area (Å²) in [6.07, 6.45) is 2.36. The second kappa shape index (κ2) is 8.63. The molecule has 4 rings (SSSR count). The zero-order chi connectivity index (χ0) is 22.1. The second-order valence-electron chi connectivity index (χ2n) is 8.38. The molecule has 0 bridgehead atoms. The Labute approximate surface area is 182 Å². The van der Waals surface area contributed by atoms with Crippen LogP contribution in [-0.4, -0.2) is 37.3 Å². The normalized spacial score (nSPS) is 17.1. The first-order valence-corrected chi connectivity index (χ1v) is 10.7. The van der Waals surface area contributed by atoms with Crippen molar-refractivity contribution in [2.75, 3.05) is 27.3 Å². The summed E-state index contributed by atoms with van der Waals surface area (Å²) in [4.78, 5) is 15.4. The third kappa shape index (κ3) is 4.00. The Morgan fingerprint density at radius 1 is 1.16 bits per heavy atom. The Bertz CT molecular complexity index is 1170. The fraction of sp³-hybridized carbons (Fsp3) is 0.400. The quantitative estimate of drug-likeness (QED) is 0.599. The first-order chi connectivity index (χ1) is 14.9. The van der Waals surface area contributed by atoms with Gasteiger partial charge in [0.25, 0.3) is 0 Å². The number of ether oxygens (including phenoxy) is 2. The molecule has 164 valence electrons. The number of rotatable bonds is 5. The van der Waals surface area contributed by atoms with Crippen LogP contribution in [0.4, 0.5) is 0 Å². The average molecular weight is 424 g/mol. The summed E-state index contributed by atoms with van der Waals surface area (Å²) in [6.45, 7) is 6.67. The summed E-state index contributed by atoms with van der Waals surface area (Å²) in [6, 6.07) is 8.88. The zero-order valence-electron chi connectivity index (χ0n) is 18.5. The minimum absolute atomic E-state index is 0.159. The Morgan fingerprint density at radius 3 is 2.65 bits per heavy atom. The van der Waals surface area contributed by atoms with Crippen molar-refractivity contribution in [3.05, 3.63) is 51.9 Å². The summed E-state index contributed by atoms with van der Waals surface area (Å²) in [5, 5.41) is 11.4. The number of fused-ring (bicyclic) bond motifs is 1. The van der Waals surface area contributed by atoms with E-state index in [0.717, 1.165) is 30.5 Å². The van der Waals surface area contributed by atoms with Gasteiger partial charge in [-0.1, -0.05) is 13.0 Å². The van der Waals surface area contributed by atoms with Crippen LogP contribution in [0.15, 0.2) is 39.5 Å². The summed E-state index contributed by atoms with van der Waals surface area (Å²) >= 11 is 0. The van der Waals surface area contributed by atoms with Crippen LogP contribution >= 0.6 is 0 Å². The molecule has 6 nitrogen and oxygen atoms in total. The molecule has 3 aromatic rings. The van der Waals surface area contributed by atoms with Crippen LogP contribution < -0.4 is 15.1 Å². The first-order valence-electron chi connectivity index (χ1n) is 10.7. The highest BCUT2D eigenvalue weighted by molar-refractivity contribution is 5.90. The van der Waals surface area contributed by atoms with Crippen molar-refractivity contribution in [2.45, 2.75) is 33.2 Å². The molecule has 1 aromatic heterocycles. The lowest BCUT2D eigenvalue weighted by atomic mass is 9.96. The smallest absolute Gasteiger partial charge is 0.344 e. The summed E-state index contributed by atoms with van der Waals surface area (Å²) in [5.74, 6) is 1.92. The molecule has 2 heterocycles. The summed E-state index contributed by atoms with van der Waals surface area (Å²) < 4.78 is 16.5. The monoisotopic (exact) mass is 423 g/mol. The fourth-order valence-corrected chi connectivity index (χ4v) is 4.59. The molecule has 0 unspecified atom stereocenters. The van der Waals surface area contributed by atoms with Gasteiger partial charge in [0.1, 0.15) is 11.3 Å². The molecule has 0 spiro atoms. The third-order valence-electron chi connectivity index (χ3n) is 6.21. The Morgan fingerprint density at radius 2 is 1.94 bits per heavy atom. The topological polar surface area (TPSA) is 72.1 Å². The lowest BCUT2D eigenvalue weighted by molar-refractivity contribution is 0.175. The molecule has 1 aliphatic heterocycles. The van der Waals surface area contributed by atoms with Crippen LogP contribution in [0.1, 0.15) is 30.9 Å². The molecular formula is C25H29NO5. The van der Waals surface area contributed by atoms with Crippen molar-refractivity contribution in [2.24, 2.45) is 5.92 Å². The number of benzene rings is 2. The Kier molecular flexibility index (Phi) is 5.92. The van der Waals surface area contributed by atoms with E-state index in [1.165, 1.54) is 6.42 Å². The lowest BCUT2D eigenvalue weighted by Crippen LogP contribution is -2.33. The molecule has 1 aliphatic rings. The van der Waals surface area contributed by atoms with E-state index in [1.807, 2.05) is 19.1 Å². The van der Waals surface area contributed by atoms with E-state index >= 15 is 0 Å². The van der Waals surface area contributed by atoms with Gasteiger partial charge in [0.15, 0.2) is 11.5 Å². The van der Waals surface area contributed by atoms with Crippen molar-refractivity contribution in [3.8, 4) is 28.4 Å². The number of phenolic OH excluding ortho intramolecular Hbond substituents is 1. The molecule has 6 heteroatoms. The van der Waals surface area contributed by atoms with Crippen molar-refractivity contribution in [1.82, 2.24) is 4.90 Å². The number of likely N-dealkylation sites (tertiary alicyclic amines) is 1. The van der Waals surface area contributed by atoms with Crippen LogP contribution in [-0.2, 0) is 6.54 Å². The Hall–Kier alpha value is -2.99. The molecule has 0 saturated carbocycles. The van der Waals surface area contributed by atoms with Crippen molar-refractivity contribution >= 4 is 11.0 Å². The maximum atomic E-state index is 13.1. The average Bonchev–Trinajstić information content (AvgIpc) is 2.75. The van der Waals surface area contributed by atoms with Crippen LogP contribution in [0.2, 0.25) is 0 Å². The van der Waals surface area contributed by atoms with E-state index in [-0.39, 0.29) is 5.75 Å². The standard InChI is InChI=1S/C25H29NO5/c1-15-6-5-11-26(13-15)14-19-20(27)9-8-18-16(2)23(25(28)31-24(18)19)17-7-10-21(29-3)22(12-17)30-4/h7-10,12,15,27H,5-6,11,13-14H2,1-4H3/t15-/m1/s1. The van der Waals surface area contributed by atoms with E-state index < -0.39 is 5.63 Å². The second-order valence-corrected chi connectivity index (χ2v) is 8.38. The van der Waals surface area contributed by atoms with Gasteiger partial charge in [0.05, 0.1) is 25.3 Å². The maximum Gasteiger partial charge on any atom is 0.344 e. The number of piperidine rings is 1. The zero-order valence-corrected chi connectivity index (χ0v) is 18.5. The van der Waals surface area contributed by atoms with Gasteiger partial charge in [0, 0.05) is 18.5 Å². The molecule has 0 aliphatic carbocycles. The number of hydrogen-bond donors (Lipinski definition) is 1. The molecule has 1 N–H and O–H groups in total. The molecule has 1 fully saturated rings. The first kappa shape index (κ1) is 21.2. The molecule has 31 heavy (non-hydrogen) atoms. The number of aryl methyl sites for hydroxylation is 1. The molecule has 2 aromatic carbocycles. The van der Waals surface area contributed by atoms with Crippen LogP contribution in [0.5, 0.6) is 17.2 Å². The molecule has 0 radical (unpaired) electrons. The van der Waals surface area contributed by atoms with Gasteiger partial charge in [-0.25, -0.2) is 4.79 Å². The molecular weight excluding hydrogens is 394 g/mol. The van der Waals surface area contributed by atoms with Crippen molar-refractivity contribution < 1.29 is 19.0 Å². The molecule has 1 atom stereocenters. The number of methoxy groups -OCH3 is 2. The molecule has 1 saturated heterocycles. The van der Waals surface area contributed by atoms with Gasteiger partial charge in [0.2, 0.25) is 0 Å². The van der Waals surface area contributed by atoms with E-state index in [2.05, 4.69) is 11.8 Å². The summed E-state index contributed by atoms with van der Waals surface area (Å²) in [5.41, 5.74) is 2.69. The third-order valence-corrected chi connectivity index (χ3v) is 6.21. The molecule has 0 amide bonds. The van der Waals surface area contributed by atoms with Crippen LogP contribution in [0, 0.1) is 12.8 Å². The highest BCUT2D eigenvalue weighted by Crippen LogP contribution is 2.36. The Balaban J connectivity index is 1.83. The minimum Gasteiger partial charge on any atom is -0.507 e. The highest BCUT2D eigenvalue weighted by Gasteiger charge is 2.22. The lowest BCUT2D eigenvalue weighted by Gasteiger charge is -2.31. The van der Waals surface area contributed by atoms with Crippen LogP contribution in [0.25, 0.3) is 22.1 Å². The maximum absolute atomic E-state index is 13.1.